The molecule has 2 aromatic carbocycles. The zero-order valence-electron chi connectivity index (χ0n) is 16.7. The number of carbonyl (C=O) groups excluding carboxylic acids is 2. The van der Waals surface area contributed by atoms with Gasteiger partial charge in [0.25, 0.3) is 0 Å². The van der Waals surface area contributed by atoms with Crippen LogP contribution in [0.15, 0.2) is 42.5 Å². The van der Waals surface area contributed by atoms with E-state index in [1.807, 2.05) is 56.3 Å². The van der Waals surface area contributed by atoms with E-state index in [1.54, 1.807) is 0 Å². The molecule has 148 valence electrons. The maximum atomic E-state index is 12.8. The standard InChI is InChI=1S/C22H27N3O3/c1-16-8-9-20(17(2)14-16)25(18(3)26)15-22(27)23-19-6-4-5-7-21(19)24-10-12-28-13-11-24/h4-9,14H,10-13,15H2,1-3H3,(H,23,27). The normalized spacial score (nSPS) is 13.9. The largest absolute Gasteiger partial charge is 0.378 e. The van der Waals surface area contributed by atoms with Crippen molar-refractivity contribution >= 4 is 28.9 Å². The Hall–Kier alpha value is -2.86. The summed E-state index contributed by atoms with van der Waals surface area (Å²) in [6.45, 7) is 8.32. The highest BCUT2D eigenvalue weighted by Gasteiger charge is 2.20. The predicted molar refractivity (Wildman–Crippen MR) is 112 cm³/mol. The molecule has 1 aliphatic rings. The van der Waals surface area contributed by atoms with Gasteiger partial charge in [0.2, 0.25) is 11.8 Å². The lowest BCUT2D eigenvalue weighted by molar-refractivity contribution is -0.120. The van der Waals surface area contributed by atoms with Gasteiger partial charge in [-0.3, -0.25) is 9.59 Å². The van der Waals surface area contributed by atoms with Gasteiger partial charge >= 0.3 is 0 Å². The summed E-state index contributed by atoms with van der Waals surface area (Å²) in [6.07, 6.45) is 0. The van der Waals surface area contributed by atoms with Crippen LogP contribution >= 0.6 is 0 Å². The summed E-state index contributed by atoms with van der Waals surface area (Å²) < 4.78 is 5.42. The molecule has 1 N–H and O–H groups in total. The number of rotatable bonds is 5. The van der Waals surface area contributed by atoms with Gasteiger partial charge in [-0.2, -0.15) is 0 Å². The molecule has 1 heterocycles. The molecule has 1 aliphatic heterocycles. The van der Waals surface area contributed by atoms with E-state index in [0.29, 0.717) is 13.2 Å². The minimum atomic E-state index is -0.226. The first-order valence-electron chi connectivity index (χ1n) is 9.52. The highest BCUT2D eigenvalue weighted by molar-refractivity contribution is 6.03. The van der Waals surface area contributed by atoms with Gasteiger partial charge in [-0.15, -0.1) is 0 Å². The Morgan fingerprint density at radius 3 is 2.50 bits per heavy atom. The van der Waals surface area contributed by atoms with Crippen LogP contribution in [0, 0.1) is 13.8 Å². The van der Waals surface area contributed by atoms with E-state index >= 15 is 0 Å². The molecule has 0 spiro atoms. The van der Waals surface area contributed by atoms with Crippen LogP contribution in [-0.4, -0.2) is 44.7 Å². The summed E-state index contributed by atoms with van der Waals surface area (Å²) in [5, 5.41) is 2.98. The van der Waals surface area contributed by atoms with Crippen molar-refractivity contribution in [2.24, 2.45) is 0 Å². The van der Waals surface area contributed by atoms with Gasteiger partial charge in [0, 0.05) is 25.7 Å². The number of anilines is 3. The zero-order chi connectivity index (χ0) is 20.1. The zero-order valence-corrected chi connectivity index (χ0v) is 16.7. The first kappa shape index (κ1) is 19.9. The van der Waals surface area contributed by atoms with Crippen LogP contribution in [-0.2, 0) is 14.3 Å². The molecule has 3 rings (SSSR count). The summed E-state index contributed by atoms with van der Waals surface area (Å²) in [7, 11) is 0. The van der Waals surface area contributed by atoms with E-state index in [9.17, 15) is 9.59 Å². The third-order valence-electron chi connectivity index (χ3n) is 4.85. The van der Waals surface area contributed by atoms with Crippen LogP contribution < -0.4 is 15.1 Å². The highest BCUT2D eigenvalue weighted by Crippen LogP contribution is 2.27. The second kappa shape index (κ2) is 8.89. The van der Waals surface area contributed by atoms with Gasteiger partial charge in [0.05, 0.1) is 24.6 Å². The van der Waals surface area contributed by atoms with Crippen LogP contribution in [0.2, 0.25) is 0 Å². The lowest BCUT2D eigenvalue weighted by Gasteiger charge is -2.30. The topological polar surface area (TPSA) is 61.9 Å². The number of carbonyl (C=O) groups is 2. The Bertz CT molecular complexity index is 860. The van der Waals surface area contributed by atoms with Gasteiger partial charge < -0.3 is 19.9 Å². The van der Waals surface area contributed by atoms with Crippen molar-refractivity contribution < 1.29 is 14.3 Å². The Balaban J connectivity index is 1.76. The molecule has 0 unspecified atom stereocenters. The molecule has 2 aromatic rings. The summed E-state index contributed by atoms with van der Waals surface area (Å²) in [4.78, 5) is 28.7. The van der Waals surface area contributed by atoms with Crippen molar-refractivity contribution in [2.45, 2.75) is 20.8 Å². The summed E-state index contributed by atoms with van der Waals surface area (Å²) in [5.41, 5.74) is 4.57. The van der Waals surface area contributed by atoms with E-state index < -0.39 is 0 Å². The number of hydrogen-bond acceptors (Lipinski definition) is 4. The minimum absolute atomic E-state index is 0.0311. The van der Waals surface area contributed by atoms with Crippen molar-refractivity contribution in [1.29, 1.82) is 0 Å². The number of hydrogen-bond donors (Lipinski definition) is 1. The van der Waals surface area contributed by atoms with E-state index in [1.165, 1.54) is 11.8 Å². The molecule has 0 radical (unpaired) electrons. The van der Waals surface area contributed by atoms with Gasteiger partial charge in [-0.25, -0.2) is 0 Å². The fourth-order valence-corrected chi connectivity index (χ4v) is 3.47. The highest BCUT2D eigenvalue weighted by atomic mass is 16.5. The van der Waals surface area contributed by atoms with Crippen molar-refractivity contribution in [3.63, 3.8) is 0 Å². The Morgan fingerprint density at radius 1 is 1.11 bits per heavy atom. The van der Waals surface area contributed by atoms with Gasteiger partial charge in [0.1, 0.15) is 6.54 Å². The van der Waals surface area contributed by atoms with Crippen LogP contribution in [0.4, 0.5) is 17.1 Å². The molecule has 2 amide bonds. The average Bonchev–Trinajstić information content (AvgIpc) is 2.67. The van der Waals surface area contributed by atoms with Gasteiger partial charge in [0.15, 0.2) is 0 Å². The van der Waals surface area contributed by atoms with Crippen molar-refractivity contribution in [1.82, 2.24) is 0 Å². The molecule has 0 saturated carbocycles. The molecule has 0 aromatic heterocycles. The van der Waals surface area contributed by atoms with E-state index in [2.05, 4.69) is 10.2 Å². The number of nitrogens with one attached hydrogen (secondary N) is 1. The summed E-state index contributed by atoms with van der Waals surface area (Å²) in [6, 6.07) is 13.6. The van der Waals surface area contributed by atoms with Crippen molar-refractivity contribution in [3.8, 4) is 0 Å². The molecular formula is C22H27N3O3. The molecule has 0 atom stereocenters. The molecule has 1 fully saturated rings. The number of para-hydroxylation sites is 2. The van der Waals surface area contributed by atoms with Crippen LogP contribution in [0.3, 0.4) is 0 Å². The van der Waals surface area contributed by atoms with Gasteiger partial charge in [-0.05, 0) is 37.6 Å². The minimum Gasteiger partial charge on any atom is -0.378 e. The fraction of sp³-hybridized carbons (Fsp3) is 0.364. The summed E-state index contributed by atoms with van der Waals surface area (Å²) >= 11 is 0. The monoisotopic (exact) mass is 381 g/mol. The SMILES string of the molecule is CC(=O)N(CC(=O)Nc1ccccc1N1CCOCC1)c1ccc(C)cc1C. The predicted octanol–water partition coefficient (Wildman–Crippen LogP) is 3.13. The fourth-order valence-electron chi connectivity index (χ4n) is 3.47. The van der Waals surface area contributed by atoms with Crippen LogP contribution in [0.5, 0.6) is 0 Å². The molecule has 0 bridgehead atoms. The lowest BCUT2D eigenvalue weighted by Crippen LogP contribution is -2.38. The number of nitrogens with zero attached hydrogens (tertiary/aromatic N) is 2. The third kappa shape index (κ3) is 4.70. The van der Waals surface area contributed by atoms with Gasteiger partial charge in [-0.1, -0.05) is 29.8 Å². The first-order valence-corrected chi connectivity index (χ1v) is 9.52. The van der Waals surface area contributed by atoms with E-state index in [0.717, 1.165) is 41.3 Å². The van der Waals surface area contributed by atoms with Crippen molar-refractivity contribution in [2.75, 3.05) is 48.0 Å². The molecule has 6 heteroatoms. The molecule has 6 nitrogen and oxygen atoms in total. The smallest absolute Gasteiger partial charge is 0.244 e. The number of aryl methyl sites for hydroxylation is 2. The van der Waals surface area contributed by atoms with Crippen molar-refractivity contribution in [3.05, 3.63) is 53.6 Å². The summed E-state index contributed by atoms with van der Waals surface area (Å²) in [5.74, 6) is -0.389. The maximum Gasteiger partial charge on any atom is 0.244 e. The third-order valence-corrected chi connectivity index (χ3v) is 4.85. The number of benzene rings is 2. The molecular weight excluding hydrogens is 354 g/mol. The Morgan fingerprint density at radius 2 is 1.82 bits per heavy atom. The number of morpholine rings is 1. The van der Waals surface area contributed by atoms with Crippen LogP contribution in [0.1, 0.15) is 18.1 Å². The quantitative estimate of drug-likeness (QED) is 0.864. The maximum absolute atomic E-state index is 12.8. The average molecular weight is 381 g/mol. The Labute approximate surface area is 166 Å². The second-order valence-electron chi connectivity index (χ2n) is 7.06. The molecule has 0 aliphatic carbocycles. The van der Waals surface area contributed by atoms with E-state index in [-0.39, 0.29) is 18.4 Å². The molecule has 28 heavy (non-hydrogen) atoms. The second-order valence-corrected chi connectivity index (χ2v) is 7.06. The number of ether oxygens (including phenoxy) is 1. The van der Waals surface area contributed by atoms with E-state index in [4.69, 9.17) is 4.74 Å². The first-order chi connectivity index (χ1) is 13.5. The van der Waals surface area contributed by atoms with Crippen LogP contribution in [0.25, 0.3) is 0 Å². The molecule has 1 saturated heterocycles. The number of amides is 2. The lowest BCUT2D eigenvalue weighted by atomic mass is 10.1. The Kier molecular flexibility index (Phi) is 6.31.